The quantitative estimate of drug-likeness (QED) is 0.238. The third-order valence-electron chi connectivity index (χ3n) is 15.5. The normalized spacial score (nSPS) is 55.2. The molecule has 240 valence electrons. The van der Waals surface area contributed by atoms with Gasteiger partial charge in [0.25, 0.3) is 0 Å². The molecular formula is C36H60O6. The maximum Gasteiger partial charge on any atom is 0.161 e. The number of aliphatic hydroxyl groups is 4. The van der Waals surface area contributed by atoms with Crippen LogP contribution in [0.3, 0.4) is 0 Å². The van der Waals surface area contributed by atoms with Crippen molar-refractivity contribution in [3.8, 4) is 0 Å². The molecule has 0 amide bonds. The Kier molecular flexibility index (Phi) is 7.89. The predicted octanol–water partition coefficient (Wildman–Crippen LogP) is 5.85. The standard InChI is InChI=1S/C36H60O6/c1-21(2)22-10-15-36(20-38)17-16-34(6)23(30(22)36)8-9-27-33(5)13-12-28(32(3,4)26(33)11-14-35(27,34)7)42-29-18-24(39)31(40)25(19-37)41-29/h22-31,37-40H,1,8-20H2,2-7H3/t22-,23?,24-,25-,26?,27+,28-,29-,30+,31+,33-,34+,35+,36+/m0/s1. The zero-order valence-electron chi connectivity index (χ0n) is 27.3. The lowest BCUT2D eigenvalue weighted by Crippen LogP contribution is -2.67. The Morgan fingerprint density at radius 3 is 2.26 bits per heavy atom. The Morgan fingerprint density at radius 2 is 1.60 bits per heavy atom. The fraction of sp³-hybridized carbons (Fsp3) is 0.944. The molecule has 1 aliphatic heterocycles. The predicted molar refractivity (Wildman–Crippen MR) is 163 cm³/mol. The molecule has 6 nitrogen and oxygen atoms in total. The SMILES string of the molecule is C=C(C)[C@@H]1CC[C@]2(CO)CC[C@]3(C)C(CC[C@@H]4[C@@]5(C)CC[C@H](O[C@H]6C[C@H](O)[C@@H](O)[C@H](CO)O6)C(C)(C)C5CC[C@]43C)[C@@H]12. The van der Waals surface area contributed by atoms with Crippen LogP contribution < -0.4 is 0 Å². The summed E-state index contributed by atoms with van der Waals surface area (Å²) in [4.78, 5) is 0. The van der Waals surface area contributed by atoms with Crippen LogP contribution in [-0.2, 0) is 9.47 Å². The molecule has 0 spiro atoms. The van der Waals surface area contributed by atoms with Gasteiger partial charge in [-0.25, -0.2) is 0 Å². The Labute approximate surface area is 254 Å². The first-order valence-corrected chi connectivity index (χ1v) is 17.2. The zero-order chi connectivity index (χ0) is 30.5. The highest BCUT2D eigenvalue weighted by atomic mass is 16.7. The van der Waals surface area contributed by atoms with E-state index >= 15 is 0 Å². The van der Waals surface area contributed by atoms with Gasteiger partial charge in [-0.2, -0.15) is 0 Å². The van der Waals surface area contributed by atoms with Crippen LogP contribution >= 0.6 is 0 Å². The topological polar surface area (TPSA) is 99.4 Å². The van der Waals surface area contributed by atoms with Gasteiger partial charge in [0, 0.05) is 13.0 Å². The van der Waals surface area contributed by atoms with Crippen molar-refractivity contribution in [2.75, 3.05) is 13.2 Å². The highest BCUT2D eigenvalue weighted by molar-refractivity contribution is 5.21. The van der Waals surface area contributed by atoms with E-state index in [0.29, 0.717) is 36.2 Å². The van der Waals surface area contributed by atoms with E-state index in [1.807, 2.05) is 0 Å². The molecule has 0 radical (unpaired) electrons. The maximum absolute atomic E-state index is 10.8. The van der Waals surface area contributed by atoms with Gasteiger partial charge >= 0.3 is 0 Å². The second kappa shape index (κ2) is 10.5. The Hall–Kier alpha value is -0.500. The summed E-state index contributed by atoms with van der Waals surface area (Å²) in [6.45, 7) is 19.4. The van der Waals surface area contributed by atoms with E-state index < -0.39 is 24.6 Å². The van der Waals surface area contributed by atoms with Gasteiger partial charge in [-0.15, -0.1) is 0 Å². The lowest BCUT2D eigenvalue weighted by molar-refractivity contribution is -0.302. The van der Waals surface area contributed by atoms with E-state index in [-0.39, 0.29) is 46.2 Å². The smallest absolute Gasteiger partial charge is 0.161 e. The zero-order valence-corrected chi connectivity index (χ0v) is 27.3. The van der Waals surface area contributed by atoms with Gasteiger partial charge in [-0.1, -0.05) is 46.8 Å². The molecule has 42 heavy (non-hydrogen) atoms. The van der Waals surface area contributed by atoms with Crippen LogP contribution in [0.4, 0.5) is 0 Å². The summed E-state index contributed by atoms with van der Waals surface area (Å²) in [7, 11) is 0. The minimum absolute atomic E-state index is 0.00769. The first-order chi connectivity index (χ1) is 19.7. The van der Waals surface area contributed by atoms with Crippen molar-refractivity contribution in [1.82, 2.24) is 0 Å². The van der Waals surface area contributed by atoms with Gasteiger partial charge < -0.3 is 29.9 Å². The molecule has 0 bridgehead atoms. The van der Waals surface area contributed by atoms with Crippen molar-refractivity contribution in [1.29, 1.82) is 0 Å². The number of ether oxygens (including phenoxy) is 2. The van der Waals surface area contributed by atoms with Crippen LogP contribution in [0.1, 0.15) is 112 Å². The number of hydrogen-bond acceptors (Lipinski definition) is 6. The maximum atomic E-state index is 10.8. The molecule has 6 rings (SSSR count). The molecule has 1 heterocycles. The third kappa shape index (κ3) is 4.24. The first-order valence-electron chi connectivity index (χ1n) is 17.2. The Balaban J connectivity index is 1.25. The summed E-state index contributed by atoms with van der Waals surface area (Å²) in [6, 6.07) is 0. The van der Waals surface area contributed by atoms with Crippen LogP contribution in [0.25, 0.3) is 0 Å². The lowest BCUT2D eigenvalue weighted by atomic mass is 9.32. The molecule has 0 aromatic carbocycles. The number of fused-ring (bicyclic) bond motifs is 7. The average Bonchev–Trinajstić information content (AvgIpc) is 3.33. The van der Waals surface area contributed by atoms with Crippen LogP contribution in [0.2, 0.25) is 0 Å². The molecule has 4 N–H and O–H groups in total. The average molecular weight is 589 g/mol. The summed E-state index contributed by atoms with van der Waals surface area (Å²) in [5, 5.41) is 41.1. The van der Waals surface area contributed by atoms with Gasteiger partial charge in [0.1, 0.15) is 12.2 Å². The van der Waals surface area contributed by atoms with Crippen LogP contribution in [0, 0.1) is 56.7 Å². The highest BCUT2D eigenvalue weighted by Gasteiger charge is 2.71. The van der Waals surface area contributed by atoms with Gasteiger partial charge in [0.2, 0.25) is 0 Å². The number of aliphatic hydroxyl groups excluding tert-OH is 4. The van der Waals surface area contributed by atoms with Gasteiger partial charge in [-0.05, 0) is 128 Å². The van der Waals surface area contributed by atoms with Crippen molar-refractivity contribution in [3.05, 3.63) is 12.2 Å². The summed E-state index contributed by atoms with van der Waals surface area (Å²) >= 11 is 0. The molecule has 0 aromatic rings. The molecule has 1 saturated heterocycles. The second-order valence-electron chi connectivity index (χ2n) is 17.3. The summed E-state index contributed by atoms with van der Waals surface area (Å²) < 4.78 is 12.5. The first kappa shape index (κ1) is 31.5. The largest absolute Gasteiger partial charge is 0.396 e. The van der Waals surface area contributed by atoms with Crippen molar-refractivity contribution >= 4 is 0 Å². The van der Waals surface area contributed by atoms with E-state index in [1.54, 1.807) is 0 Å². The van der Waals surface area contributed by atoms with E-state index in [4.69, 9.17) is 9.47 Å². The number of rotatable bonds is 5. The van der Waals surface area contributed by atoms with E-state index in [2.05, 4.69) is 48.1 Å². The van der Waals surface area contributed by atoms with Crippen molar-refractivity contribution in [3.63, 3.8) is 0 Å². The highest BCUT2D eigenvalue weighted by Crippen LogP contribution is 2.77. The molecule has 6 heteroatoms. The summed E-state index contributed by atoms with van der Waals surface area (Å²) in [5.41, 5.74) is 2.15. The van der Waals surface area contributed by atoms with Crippen molar-refractivity contribution in [2.24, 2.45) is 56.7 Å². The van der Waals surface area contributed by atoms with Crippen LogP contribution in [0.15, 0.2) is 12.2 Å². The fourth-order valence-electron chi connectivity index (χ4n) is 13.1. The minimum atomic E-state index is -1.08. The van der Waals surface area contributed by atoms with Crippen LogP contribution in [0.5, 0.6) is 0 Å². The van der Waals surface area contributed by atoms with Gasteiger partial charge in [0.05, 0.1) is 18.8 Å². The van der Waals surface area contributed by atoms with Crippen LogP contribution in [-0.4, -0.2) is 64.3 Å². The monoisotopic (exact) mass is 588 g/mol. The second-order valence-corrected chi connectivity index (χ2v) is 17.3. The Morgan fingerprint density at radius 1 is 0.857 bits per heavy atom. The molecule has 5 aliphatic carbocycles. The summed E-state index contributed by atoms with van der Waals surface area (Å²) in [5.74, 6) is 2.96. The molecule has 6 fully saturated rings. The summed E-state index contributed by atoms with van der Waals surface area (Å²) in [6.07, 6.45) is 8.62. The number of hydrogen-bond donors (Lipinski definition) is 4. The molecule has 5 saturated carbocycles. The van der Waals surface area contributed by atoms with Crippen molar-refractivity contribution in [2.45, 2.75) is 143 Å². The molecule has 2 unspecified atom stereocenters. The molecule has 14 atom stereocenters. The molecule has 0 aromatic heterocycles. The third-order valence-corrected chi connectivity index (χ3v) is 15.5. The number of allylic oxidation sites excluding steroid dienone is 1. The Bertz CT molecular complexity index is 1040. The minimum Gasteiger partial charge on any atom is -0.396 e. The molecule has 6 aliphatic rings. The lowest BCUT2D eigenvalue weighted by Gasteiger charge is -2.73. The van der Waals surface area contributed by atoms with E-state index in [9.17, 15) is 20.4 Å². The molecular weight excluding hydrogens is 528 g/mol. The van der Waals surface area contributed by atoms with Gasteiger partial charge in [-0.3, -0.25) is 0 Å². The fourth-order valence-corrected chi connectivity index (χ4v) is 13.1. The van der Waals surface area contributed by atoms with Gasteiger partial charge in [0.15, 0.2) is 6.29 Å². The van der Waals surface area contributed by atoms with Crippen molar-refractivity contribution < 1.29 is 29.9 Å². The van der Waals surface area contributed by atoms with E-state index in [0.717, 1.165) is 25.7 Å². The van der Waals surface area contributed by atoms with E-state index in [1.165, 1.54) is 44.1 Å².